The third kappa shape index (κ3) is 3.81. The fraction of sp³-hybridized carbons (Fsp3) is 0.182. The molecule has 7 nitrogen and oxygen atoms in total. The number of thiazole rings is 1. The van der Waals surface area contributed by atoms with Crippen molar-refractivity contribution in [3.05, 3.63) is 71.6 Å². The van der Waals surface area contributed by atoms with Gasteiger partial charge in [-0.05, 0) is 43.2 Å². The molecule has 10 heteroatoms. The normalized spacial score (nSPS) is 14.8. The Balaban J connectivity index is 1.35. The van der Waals surface area contributed by atoms with Gasteiger partial charge in [-0.2, -0.15) is 4.31 Å². The molecule has 1 saturated heterocycles. The standard InChI is InChI=1S/C22H19FN4O3S2/c23-18-8-5-16(13-20(18)32(29,30)27-9-1-2-10-27)21(28)24-17-6-3-15(4-7-17)19-14-26-11-12-31-22(26)25-19/h3-8,11-14H,1-2,9-10H2,(H,24,28). The van der Waals surface area contributed by atoms with E-state index in [2.05, 4.69) is 10.3 Å². The van der Waals surface area contributed by atoms with Gasteiger partial charge < -0.3 is 5.32 Å². The second-order valence-corrected chi connectivity index (χ2v) is 10.3. The number of carbonyl (C=O) groups is 1. The Hall–Kier alpha value is -3.08. The van der Waals surface area contributed by atoms with Gasteiger partial charge in [0, 0.05) is 47.7 Å². The summed E-state index contributed by atoms with van der Waals surface area (Å²) in [5.74, 6) is -1.38. The van der Waals surface area contributed by atoms with Crippen LogP contribution in [0, 0.1) is 5.82 Å². The van der Waals surface area contributed by atoms with Crippen LogP contribution in [-0.4, -0.2) is 41.1 Å². The second kappa shape index (κ2) is 8.12. The van der Waals surface area contributed by atoms with Gasteiger partial charge in [0.2, 0.25) is 10.0 Å². The highest BCUT2D eigenvalue weighted by molar-refractivity contribution is 7.89. The van der Waals surface area contributed by atoms with Crippen LogP contribution in [0.1, 0.15) is 23.2 Å². The molecule has 0 unspecified atom stereocenters. The van der Waals surface area contributed by atoms with E-state index in [4.69, 9.17) is 0 Å². The Bertz CT molecular complexity index is 1380. The number of carbonyl (C=O) groups excluding carboxylic acids is 1. The van der Waals surface area contributed by atoms with Gasteiger partial charge in [0.05, 0.1) is 5.69 Å². The maximum atomic E-state index is 14.3. The molecule has 0 atom stereocenters. The second-order valence-electron chi connectivity index (χ2n) is 7.51. The molecule has 2 aromatic carbocycles. The molecule has 1 aliphatic heterocycles. The summed E-state index contributed by atoms with van der Waals surface area (Å²) >= 11 is 1.55. The molecular formula is C22H19FN4O3S2. The lowest BCUT2D eigenvalue weighted by atomic mass is 10.1. The smallest absolute Gasteiger partial charge is 0.255 e. The Labute approximate surface area is 188 Å². The van der Waals surface area contributed by atoms with E-state index in [9.17, 15) is 17.6 Å². The van der Waals surface area contributed by atoms with Gasteiger partial charge in [-0.25, -0.2) is 17.8 Å². The molecule has 0 radical (unpaired) electrons. The molecule has 1 N–H and O–H groups in total. The summed E-state index contributed by atoms with van der Waals surface area (Å²) < 4.78 is 43.0. The van der Waals surface area contributed by atoms with Crippen LogP contribution in [0.2, 0.25) is 0 Å². The predicted molar refractivity (Wildman–Crippen MR) is 121 cm³/mol. The number of benzene rings is 2. The Morgan fingerprint density at radius 3 is 2.56 bits per heavy atom. The summed E-state index contributed by atoms with van der Waals surface area (Å²) in [6.45, 7) is 0.721. The van der Waals surface area contributed by atoms with Crippen molar-refractivity contribution in [3.8, 4) is 11.3 Å². The lowest BCUT2D eigenvalue weighted by Gasteiger charge is -2.16. The van der Waals surface area contributed by atoms with Crippen molar-refractivity contribution in [1.82, 2.24) is 13.7 Å². The molecule has 4 aromatic rings. The number of amides is 1. The van der Waals surface area contributed by atoms with Crippen LogP contribution >= 0.6 is 11.3 Å². The lowest BCUT2D eigenvalue weighted by molar-refractivity contribution is 0.102. The van der Waals surface area contributed by atoms with Gasteiger partial charge in [-0.15, -0.1) is 11.3 Å². The number of halogens is 1. The van der Waals surface area contributed by atoms with Gasteiger partial charge in [0.1, 0.15) is 10.7 Å². The Morgan fingerprint density at radius 2 is 1.84 bits per heavy atom. The fourth-order valence-electron chi connectivity index (χ4n) is 3.70. The molecule has 0 aliphatic carbocycles. The molecule has 3 heterocycles. The molecule has 2 aromatic heterocycles. The Morgan fingerprint density at radius 1 is 1.09 bits per heavy atom. The molecule has 164 valence electrons. The zero-order valence-corrected chi connectivity index (χ0v) is 18.5. The largest absolute Gasteiger partial charge is 0.322 e. The van der Waals surface area contributed by atoms with Gasteiger partial charge >= 0.3 is 0 Å². The summed E-state index contributed by atoms with van der Waals surface area (Å²) in [6, 6.07) is 10.6. The van der Waals surface area contributed by atoms with Crippen LogP contribution in [0.15, 0.2) is 65.1 Å². The molecule has 1 fully saturated rings. The molecule has 32 heavy (non-hydrogen) atoms. The minimum Gasteiger partial charge on any atom is -0.322 e. The summed E-state index contributed by atoms with van der Waals surface area (Å²) in [6.07, 6.45) is 5.36. The lowest BCUT2D eigenvalue weighted by Crippen LogP contribution is -2.29. The first-order chi connectivity index (χ1) is 15.4. The molecule has 0 saturated carbocycles. The maximum Gasteiger partial charge on any atom is 0.255 e. The number of sulfonamides is 1. The highest BCUT2D eigenvalue weighted by Crippen LogP contribution is 2.26. The number of aromatic nitrogens is 2. The fourth-order valence-corrected chi connectivity index (χ4v) is 6.01. The molecule has 1 aliphatic rings. The first-order valence-electron chi connectivity index (χ1n) is 10.1. The minimum atomic E-state index is -3.97. The quantitative estimate of drug-likeness (QED) is 0.473. The van der Waals surface area contributed by atoms with Crippen molar-refractivity contribution < 1.29 is 17.6 Å². The number of nitrogens with zero attached hydrogens (tertiary/aromatic N) is 3. The van der Waals surface area contributed by atoms with Crippen molar-refractivity contribution in [3.63, 3.8) is 0 Å². The highest BCUT2D eigenvalue weighted by atomic mass is 32.2. The van der Waals surface area contributed by atoms with Crippen molar-refractivity contribution in [1.29, 1.82) is 0 Å². The monoisotopic (exact) mass is 470 g/mol. The third-order valence-corrected chi connectivity index (χ3v) is 8.09. The maximum absolute atomic E-state index is 14.3. The number of imidazole rings is 1. The zero-order valence-electron chi connectivity index (χ0n) is 16.9. The third-order valence-electron chi connectivity index (χ3n) is 5.41. The molecular weight excluding hydrogens is 451 g/mol. The van der Waals surface area contributed by atoms with Gasteiger partial charge in [0.15, 0.2) is 4.96 Å². The SMILES string of the molecule is O=C(Nc1ccc(-c2cn3ccsc3n2)cc1)c1ccc(F)c(S(=O)(=O)N2CCCC2)c1. The number of hydrogen-bond acceptors (Lipinski definition) is 5. The highest BCUT2D eigenvalue weighted by Gasteiger charge is 2.30. The molecule has 0 bridgehead atoms. The topological polar surface area (TPSA) is 83.8 Å². The van der Waals surface area contributed by atoms with Crippen LogP contribution in [0.25, 0.3) is 16.2 Å². The Kier molecular flexibility index (Phi) is 5.28. The average Bonchev–Trinajstić information content (AvgIpc) is 3.52. The van der Waals surface area contributed by atoms with E-state index >= 15 is 0 Å². The first-order valence-corrected chi connectivity index (χ1v) is 12.4. The van der Waals surface area contributed by atoms with Crippen molar-refractivity contribution in [2.75, 3.05) is 18.4 Å². The van der Waals surface area contributed by atoms with Gasteiger partial charge in [-0.1, -0.05) is 12.1 Å². The molecule has 0 spiro atoms. The molecule has 1 amide bonds. The summed E-state index contributed by atoms with van der Waals surface area (Å²) in [4.78, 5) is 17.7. The minimum absolute atomic E-state index is 0.0718. The number of hydrogen-bond donors (Lipinski definition) is 1. The van der Waals surface area contributed by atoms with E-state index in [-0.39, 0.29) is 5.56 Å². The van der Waals surface area contributed by atoms with E-state index in [1.807, 2.05) is 34.3 Å². The van der Waals surface area contributed by atoms with E-state index in [1.165, 1.54) is 10.4 Å². The first kappa shape index (κ1) is 20.8. The van der Waals surface area contributed by atoms with Gasteiger partial charge in [0.25, 0.3) is 5.91 Å². The number of anilines is 1. The van der Waals surface area contributed by atoms with Crippen LogP contribution in [0.5, 0.6) is 0 Å². The number of rotatable bonds is 5. The summed E-state index contributed by atoms with van der Waals surface area (Å²) in [5, 5.41) is 4.69. The van der Waals surface area contributed by atoms with Crippen LogP contribution in [-0.2, 0) is 10.0 Å². The summed E-state index contributed by atoms with van der Waals surface area (Å²) in [7, 11) is -3.97. The van der Waals surface area contributed by atoms with E-state index in [0.717, 1.165) is 41.2 Å². The van der Waals surface area contributed by atoms with E-state index in [1.54, 1.807) is 23.5 Å². The number of nitrogens with one attached hydrogen (secondary N) is 1. The van der Waals surface area contributed by atoms with E-state index < -0.39 is 26.6 Å². The molecule has 5 rings (SSSR count). The van der Waals surface area contributed by atoms with Crippen molar-refractivity contribution in [2.24, 2.45) is 0 Å². The number of fused-ring (bicyclic) bond motifs is 1. The zero-order chi connectivity index (χ0) is 22.3. The van der Waals surface area contributed by atoms with Gasteiger partial charge in [-0.3, -0.25) is 9.20 Å². The average molecular weight is 471 g/mol. The van der Waals surface area contributed by atoms with E-state index in [0.29, 0.717) is 18.8 Å². The van der Waals surface area contributed by atoms with Crippen LogP contribution in [0.3, 0.4) is 0 Å². The van der Waals surface area contributed by atoms with Crippen molar-refractivity contribution in [2.45, 2.75) is 17.7 Å². The van der Waals surface area contributed by atoms with Crippen LogP contribution in [0.4, 0.5) is 10.1 Å². The van der Waals surface area contributed by atoms with Crippen LogP contribution < -0.4 is 5.32 Å². The summed E-state index contributed by atoms with van der Waals surface area (Å²) in [5.41, 5.74) is 2.33. The van der Waals surface area contributed by atoms with Crippen molar-refractivity contribution >= 4 is 37.9 Å². The predicted octanol–water partition coefficient (Wildman–Crippen LogP) is 4.24.